The predicted molar refractivity (Wildman–Crippen MR) is 65.4 cm³/mol. The molecule has 1 aliphatic carbocycles. The Morgan fingerprint density at radius 3 is 2.88 bits per heavy atom. The molecule has 0 spiro atoms. The molecule has 1 atom stereocenters. The summed E-state index contributed by atoms with van der Waals surface area (Å²) in [5.74, 6) is 0.671. The highest BCUT2D eigenvalue weighted by molar-refractivity contribution is 6.33. The average Bonchev–Trinajstić information content (AvgIpc) is 3.10. The van der Waals surface area contributed by atoms with Crippen molar-refractivity contribution in [1.29, 1.82) is 5.26 Å². The van der Waals surface area contributed by atoms with E-state index in [1.807, 2.05) is 6.07 Å². The molecule has 1 aromatic carbocycles. The van der Waals surface area contributed by atoms with Crippen molar-refractivity contribution in [1.82, 2.24) is 0 Å². The molecule has 0 aliphatic heterocycles. The lowest BCUT2D eigenvalue weighted by Crippen LogP contribution is -2.31. The van der Waals surface area contributed by atoms with Crippen molar-refractivity contribution in [3.8, 4) is 6.07 Å². The number of benzene rings is 1. The number of nitrogens with zero attached hydrogens (tertiary/aromatic N) is 1. The van der Waals surface area contributed by atoms with Gasteiger partial charge in [-0.25, -0.2) is 0 Å². The van der Waals surface area contributed by atoms with Crippen LogP contribution in [0.5, 0.6) is 0 Å². The number of nitrogens with two attached hydrogens (primary N) is 1. The monoisotopic (exact) mass is 235 g/mol. The van der Waals surface area contributed by atoms with Gasteiger partial charge in [-0.15, -0.1) is 0 Å². The third-order valence-corrected chi connectivity index (χ3v) is 3.17. The maximum atomic E-state index is 8.70. The van der Waals surface area contributed by atoms with Crippen LogP contribution in [0, 0.1) is 17.2 Å². The standard InChI is InChI=1S/C12H14ClN3/c13-10-5-8(6-14)1-4-12(10)16-7-11(15)9-2-3-9/h1,4-5,9,11,16H,2-3,7,15H2. The third-order valence-electron chi connectivity index (χ3n) is 2.85. The van der Waals surface area contributed by atoms with Crippen LogP contribution in [-0.2, 0) is 0 Å². The number of nitriles is 1. The lowest BCUT2D eigenvalue weighted by atomic mass is 10.2. The van der Waals surface area contributed by atoms with Gasteiger partial charge in [-0.1, -0.05) is 11.6 Å². The molecule has 1 unspecified atom stereocenters. The SMILES string of the molecule is N#Cc1ccc(NCC(N)C2CC2)c(Cl)c1. The van der Waals surface area contributed by atoms with Gasteiger partial charge in [0.25, 0.3) is 0 Å². The van der Waals surface area contributed by atoms with Crippen LogP contribution in [0.3, 0.4) is 0 Å². The van der Waals surface area contributed by atoms with Gasteiger partial charge in [0.15, 0.2) is 0 Å². The lowest BCUT2D eigenvalue weighted by Gasteiger charge is -2.13. The van der Waals surface area contributed by atoms with Crippen LogP contribution in [0.15, 0.2) is 18.2 Å². The topological polar surface area (TPSA) is 61.8 Å². The summed E-state index contributed by atoms with van der Waals surface area (Å²) < 4.78 is 0. The second-order valence-corrected chi connectivity index (χ2v) is 4.60. The van der Waals surface area contributed by atoms with Gasteiger partial charge >= 0.3 is 0 Å². The fourth-order valence-corrected chi connectivity index (χ4v) is 1.89. The second kappa shape index (κ2) is 4.73. The molecule has 2 rings (SSSR count). The molecule has 0 radical (unpaired) electrons. The summed E-state index contributed by atoms with van der Waals surface area (Å²) in [6.45, 7) is 0.732. The van der Waals surface area contributed by atoms with E-state index in [9.17, 15) is 0 Å². The Morgan fingerprint density at radius 1 is 1.56 bits per heavy atom. The van der Waals surface area contributed by atoms with Crippen LogP contribution >= 0.6 is 11.6 Å². The minimum atomic E-state index is 0.201. The molecule has 4 heteroatoms. The van der Waals surface area contributed by atoms with E-state index in [1.165, 1.54) is 12.8 Å². The molecule has 1 aliphatic rings. The Balaban J connectivity index is 1.96. The van der Waals surface area contributed by atoms with Gasteiger partial charge in [0, 0.05) is 12.6 Å². The minimum absolute atomic E-state index is 0.201. The third kappa shape index (κ3) is 2.66. The molecule has 0 aromatic heterocycles. The van der Waals surface area contributed by atoms with E-state index in [0.717, 1.165) is 12.2 Å². The highest BCUT2D eigenvalue weighted by Gasteiger charge is 2.28. The van der Waals surface area contributed by atoms with Crippen molar-refractivity contribution >= 4 is 17.3 Å². The first-order valence-electron chi connectivity index (χ1n) is 5.40. The first-order chi connectivity index (χ1) is 7.70. The van der Waals surface area contributed by atoms with Crippen LogP contribution in [0.25, 0.3) is 0 Å². The maximum absolute atomic E-state index is 8.70. The molecule has 0 amide bonds. The number of rotatable bonds is 4. The van der Waals surface area contributed by atoms with Gasteiger partial charge in [0.1, 0.15) is 0 Å². The fraction of sp³-hybridized carbons (Fsp3) is 0.417. The first kappa shape index (κ1) is 11.3. The molecular formula is C12H14ClN3. The summed E-state index contributed by atoms with van der Waals surface area (Å²) in [5.41, 5.74) is 7.39. The van der Waals surface area contributed by atoms with Crippen LogP contribution in [0.1, 0.15) is 18.4 Å². The number of hydrogen-bond donors (Lipinski definition) is 2. The van der Waals surface area contributed by atoms with Gasteiger partial charge in [0.05, 0.1) is 22.3 Å². The van der Waals surface area contributed by atoms with E-state index in [1.54, 1.807) is 12.1 Å². The molecule has 1 saturated carbocycles. The maximum Gasteiger partial charge on any atom is 0.0992 e. The van der Waals surface area contributed by atoms with Gasteiger partial charge < -0.3 is 11.1 Å². The zero-order chi connectivity index (χ0) is 11.5. The highest BCUT2D eigenvalue weighted by Crippen LogP contribution is 2.32. The Kier molecular flexibility index (Phi) is 3.33. The zero-order valence-electron chi connectivity index (χ0n) is 8.91. The first-order valence-corrected chi connectivity index (χ1v) is 5.77. The Hall–Kier alpha value is -1.24. The molecule has 0 bridgehead atoms. The van der Waals surface area contributed by atoms with Gasteiger partial charge in [-0.2, -0.15) is 5.26 Å². The van der Waals surface area contributed by atoms with Crippen LogP contribution in [-0.4, -0.2) is 12.6 Å². The highest BCUT2D eigenvalue weighted by atomic mass is 35.5. The molecule has 0 saturated heterocycles. The van der Waals surface area contributed by atoms with Crippen LogP contribution < -0.4 is 11.1 Å². The van der Waals surface area contributed by atoms with E-state index in [0.29, 0.717) is 16.5 Å². The second-order valence-electron chi connectivity index (χ2n) is 4.19. The molecular weight excluding hydrogens is 222 g/mol. The van der Waals surface area contributed by atoms with Gasteiger partial charge in [0.2, 0.25) is 0 Å². The lowest BCUT2D eigenvalue weighted by molar-refractivity contribution is 0.621. The fourth-order valence-electron chi connectivity index (χ4n) is 1.65. The van der Waals surface area contributed by atoms with E-state index in [-0.39, 0.29) is 6.04 Å². The summed E-state index contributed by atoms with van der Waals surface area (Å²) in [7, 11) is 0. The summed E-state index contributed by atoms with van der Waals surface area (Å²) in [5, 5.41) is 12.5. The largest absolute Gasteiger partial charge is 0.382 e. The summed E-state index contributed by atoms with van der Waals surface area (Å²) >= 11 is 6.03. The Bertz CT molecular complexity index is 421. The summed E-state index contributed by atoms with van der Waals surface area (Å²) in [4.78, 5) is 0. The van der Waals surface area contributed by atoms with E-state index in [4.69, 9.17) is 22.6 Å². The van der Waals surface area contributed by atoms with Crippen molar-refractivity contribution in [2.45, 2.75) is 18.9 Å². The normalized spacial score (nSPS) is 16.6. The van der Waals surface area contributed by atoms with Gasteiger partial charge in [-0.05, 0) is 37.0 Å². The number of anilines is 1. The van der Waals surface area contributed by atoms with Gasteiger partial charge in [-0.3, -0.25) is 0 Å². The molecule has 1 aromatic rings. The van der Waals surface area contributed by atoms with E-state index in [2.05, 4.69) is 11.4 Å². The molecule has 84 valence electrons. The number of halogens is 1. The van der Waals surface area contributed by atoms with Crippen LogP contribution in [0.4, 0.5) is 5.69 Å². The van der Waals surface area contributed by atoms with E-state index < -0.39 is 0 Å². The molecule has 0 heterocycles. The average molecular weight is 236 g/mol. The predicted octanol–water partition coefficient (Wildman–Crippen LogP) is 2.36. The number of nitrogens with one attached hydrogen (secondary N) is 1. The molecule has 1 fully saturated rings. The van der Waals surface area contributed by atoms with Crippen molar-refractivity contribution < 1.29 is 0 Å². The Labute approximate surface area is 100 Å². The van der Waals surface area contributed by atoms with Crippen LogP contribution in [0.2, 0.25) is 5.02 Å². The quantitative estimate of drug-likeness (QED) is 0.842. The smallest absolute Gasteiger partial charge is 0.0992 e. The zero-order valence-corrected chi connectivity index (χ0v) is 9.67. The Morgan fingerprint density at radius 2 is 2.31 bits per heavy atom. The molecule has 3 N–H and O–H groups in total. The van der Waals surface area contributed by atoms with Crippen molar-refractivity contribution in [3.63, 3.8) is 0 Å². The number of hydrogen-bond acceptors (Lipinski definition) is 3. The van der Waals surface area contributed by atoms with Crippen molar-refractivity contribution in [2.75, 3.05) is 11.9 Å². The van der Waals surface area contributed by atoms with Crippen molar-refractivity contribution in [2.24, 2.45) is 11.7 Å². The minimum Gasteiger partial charge on any atom is -0.382 e. The summed E-state index contributed by atoms with van der Waals surface area (Å²) in [6, 6.07) is 7.48. The van der Waals surface area contributed by atoms with Crippen molar-refractivity contribution in [3.05, 3.63) is 28.8 Å². The molecule has 16 heavy (non-hydrogen) atoms. The van der Waals surface area contributed by atoms with E-state index >= 15 is 0 Å². The summed E-state index contributed by atoms with van der Waals surface area (Å²) in [6.07, 6.45) is 2.48. The molecule has 3 nitrogen and oxygen atoms in total.